The molecular weight excluding hydrogens is 196 g/mol. The lowest BCUT2D eigenvalue weighted by Crippen LogP contribution is -2.39. The summed E-state index contributed by atoms with van der Waals surface area (Å²) in [6.45, 7) is 0. The van der Waals surface area contributed by atoms with Crippen molar-refractivity contribution in [1.29, 1.82) is 0 Å². The lowest BCUT2D eigenvalue weighted by molar-refractivity contribution is -0.481. The van der Waals surface area contributed by atoms with Crippen LogP contribution in [0.5, 0.6) is 0 Å². The average molecular weight is 213 g/mol. The quantitative estimate of drug-likeness (QED) is 0.255. The summed E-state index contributed by atoms with van der Waals surface area (Å²) in [5.41, 5.74) is 0. The van der Waals surface area contributed by atoms with E-state index in [2.05, 4.69) is 0 Å². The van der Waals surface area contributed by atoms with Gasteiger partial charge in [-0.05, 0) is 0 Å². The molecular formula is C10H17N2O3+. The maximum absolute atomic E-state index is 11.4. The summed E-state index contributed by atoms with van der Waals surface area (Å²) in [7, 11) is 7.22. The molecule has 0 N–H and O–H groups in total. The molecule has 0 saturated heterocycles. The molecule has 1 fully saturated rings. The summed E-state index contributed by atoms with van der Waals surface area (Å²) < 4.78 is 7.16. The van der Waals surface area contributed by atoms with E-state index in [4.69, 9.17) is 4.74 Å². The van der Waals surface area contributed by atoms with Gasteiger partial charge in [0.15, 0.2) is 11.6 Å². The fourth-order valence-corrected chi connectivity index (χ4v) is 1.54. The summed E-state index contributed by atoms with van der Waals surface area (Å²) in [5, 5.41) is 0. The second kappa shape index (κ2) is 4.42. The van der Waals surface area contributed by atoms with Crippen LogP contribution in [0.2, 0.25) is 0 Å². The number of nitrogens with zero attached hydrogens (tertiary/aromatic N) is 2. The zero-order valence-electron chi connectivity index (χ0n) is 9.61. The Kier molecular flexibility index (Phi) is 3.44. The maximum Gasteiger partial charge on any atom is 0.446 e. The Bertz CT molecular complexity index is 301. The number of hydrogen-bond donors (Lipinski definition) is 0. The number of hydrogen-bond acceptors (Lipinski definition) is 3. The van der Waals surface area contributed by atoms with Crippen LogP contribution in [0.3, 0.4) is 0 Å². The highest BCUT2D eigenvalue weighted by molar-refractivity contribution is 6.12. The van der Waals surface area contributed by atoms with Crippen molar-refractivity contribution in [2.45, 2.75) is 18.9 Å². The van der Waals surface area contributed by atoms with Crippen molar-refractivity contribution in [3.05, 3.63) is 0 Å². The largest absolute Gasteiger partial charge is 0.446 e. The van der Waals surface area contributed by atoms with Gasteiger partial charge in [0.2, 0.25) is 6.10 Å². The van der Waals surface area contributed by atoms with Crippen LogP contribution in [0.15, 0.2) is 0 Å². The van der Waals surface area contributed by atoms with Crippen molar-refractivity contribution in [1.82, 2.24) is 4.90 Å². The topological polar surface area (TPSA) is 49.6 Å². The van der Waals surface area contributed by atoms with Crippen molar-refractivity contribution < 1.29 is 18.9 Å². The Morgan fingerprint density at radius 2 is 1.73 bits per heavy atom. The molecule has 0 aromatic carbocycles. The highest BCUT2D eigenvalue weighted by Crippen LogP contribution is 2.14. The van der Waals surface area contributed by atoms with Gasteiger partial charge in [0, 0.05) is 12.8 Å². The van der Waals surface area contributed by atoms with Crippen molar-refractivity contribution in [2.24, 2.45) is 0 Å². The first-order chi connectivity index (χ1) is 6.93. The predicted molar refractivity (Wildman–Crippen MR) is 54.9 cm³/mol. The monoisotopic (exact) mass is 213 g/mol. The second-order valence-corrected chi connectivity index (χ2v) is 4.00. The zero-order chi connectivity index (χ0) is 11.6. The summed E-state index contributed by atoms with van der Waals surface area (Å²) >= 11 is 0. The first-order valence-corrected chi connectivity index (χ1v) is 4.87. The molecule has 0 heterocycles. The van der Waals surface area contributed by atoms with Gasteiger partial charge in [-0.15, -0.1) is 0 Å². The SMILES string of the molecule is CN(C)C(OC1C(=O)CCC1=O)=[N+](C)C. The first kappa shape index (κ1) is 11.7. The van der Waals surface area contributed by atoms with Gasteiger partial charge in [-0.2, -0.15) is 0 Å². The number of ether oxygens (including phenoxy) is 1. The molecule has 0 aliphatic heterocycles. The highest BCUT2D eigenvalue weighted by Gasteiger charge is 2.37. The highest BCUT2D eigenvalue weighted by atomic mass is 16.5. The van der Waals surface area contributed by atoms with Gasteiger partial charge in [-0.25, -0.2) is 9.48 Å². The molecule has 5 heteroatoms. The maximum atomic E-state index is 11.4. The van der Waals surface area contributed by atoms with Crippen molar-refractivity contribution in [3.8, 4) is 0 Å². The molecule has 0 bridgehead atoms. The second-order valence-electron chi connectivity index (χ2n) is 4.00. The number of Topliss-reactive ketones (excluding diaryl/α,β-unsaturated/α-hetero) is 2. The number of ketones is 2. The molecule has 15 heavy (non-hydrogen) atoms. The average Bonchev–Trinajstić information content (AvgIpc) is 2.42. The van der Waals surface area contributed by atoms with E-state index in [-0.39, 0.29) is 11.6 Å². The Morgan fingerprint density at radius 3 is 2.07 bits per heavy atom. The minimum atomic E-state index is -0.898. The number of carbonyl (C=O) groups is 2. The summed E-state index contributed by atoms with van der Waals surface area (Å²) in [6, 6.07) is 0.517. The molecule has 1 aliphatic rings. The molecule has 1 rings (SSSR count). The lowest BCUT2D eigenvalue weighted by Gasteiger charge is -2.14. The van der Waals surface area contributed by atoms with Crippen LogP contribution in [0, 0.1) is 0 Å². The van der Waals surface area contributed by atoms with Crippen LogP contribution in [0.25, 0.3) is 0 Å². The Morgan fingerprint density at radius 1 is 1.27 bits per heavy atom. The van der Waals surface area contributed by atoms with Crippen LogP contribution < -0.4 is 0 Å². The number of carbonyl (C=O) groups excluding carboxylic acids is 2. The Hall–Kier alpha value is -1.39. The summed E-state index contributed by atoms with van der Waals surface area (Å²) in [5.74, 6) is -0.248. The summed E-state index contributed by atoms with van der Waals surface area (Å²) in [4.78, 5) is 24.5. The standard InChI is InChI=1S/C10H17N2O3/c1-11(2)10(12(3)4)15-9-7(13)5-6-8(9)14/h9H,5-6H2,1-4H3/q+1. The molecule has 1 aliphatic carbocycles. The van der Waals surface area contributed by atoms with E-state index in [1.165, 1.54) is 0 Å². The van der Waals surface area contributed by atoms with Crippen LogP contribution in [0.4, 0.5) is 0 Å². The van der Waals surface area contributed by atoms with Crippen LogP contribution >= 0.6 is 0 Å². The normalized spacial score (nSPS) is 16.8. The summed E-state index contributed by atoms with van der Waals surface area (Å²) in [6.07, 6.45) is -0.292. The predicted octanol–water partition coefficient (Wildman–Crippen LogP) is -0.507. The van der Waals surface area contributed by atoms with Gasteiger partial charge in [0.1, 0.15) is 0 Å². The van der Waals surface area contributed by atoms with Crippen molar-refractivity contribution >= 4 is 17.6 Å². The van der Waals surface area contributed by atoms with E-state index in [1.54, 1.807) is 37.7 Å². The Labute approximate surface area is 89.3 Å². The van der Waals surface area contributed by atoms with Gasteiger partial charge in [-0.1, -0.05) is 0 Å². The van der Waals surface area contributed by atoms with E-state index >= 15 is 0 Å². The molecule has 0 atom stereocenters. The van der Waals surface area contributed by atoms with E-state index in [0.717, 1.165) is 0 Å². The zero-order valence-corrected chi connectivity index (χ0v) is 9.61. The molecule has 84 valence electrons. The van der Waals surface area contributed by atoms with Gasteiger partial charge in [0.25, 0.3) is 0 Å². The smallest absolute Gasteiger partial charge is 0.412 e. The molecule has 0 aromatic rings. The first-order valence-electron chi connectivity index (χ1n) is 4.87. The molecule has 5 nitrogen and oxygen atoms in total. The third kappa shape index (κ3) is 2.55. The molecule has 0 aromatic heterocycles. The van der Waals surface area contributed by atoms with Crippen LogP contribution in [-0.2, 0) is 14.3 Å². The van der Waals surface area contributed by atoms with Crippen molar-refractivity contribution in [3.63, 3.8) is 0 Å². The van der Waals surface area contributed by atoms with E-state index < -0.39 is 6.10 Å². The fraction of sp³-hybridized carbons (Fsp3) is 0.700. The molecule has 1 saturated carbocycles. The Balaban J connectivity index is 2.80. The molecule has 0 amide bonds. The number of rotatable bonds is 1. The number of amidine groups is 1. The van der Waals surface area contributed by atoms with Crippen molar-refractivity contribution in [2.75, 3.05) is 28.2 Å². The minimum Gasteiger partial charge on any atom is -0.412 e. The lowest BCUT2D eigenvalue weighted by atomic mass is 10.3. The van der Waals surface area contributed by atoms with Gasteiger partial charge >= 0.3 is 6.02 Å². The fourth-order valence-electron chi connectivity index (χ4n) is 1.54. The molecule has 0 radical (unpaired) electrons. The third-order valence-corrected chi connectivity index (χ3v) is 2.19. The molecule has 0 unspecified atom stereocenters. The van der Waals surface area contributed by atoms with Crippen LogP contribution in [0.1, 0.15) is 12.8 Å². The minimum absolute atomic E-state index is 0.124. The van der Waals surface area contributed by atoms with E-state index in [1.807, 2.05) is 0 Å². The van der Waals surface area contributed by atoms with Gasteiger partial charge < -0.3 is 4.74 Å². The van der Waals surface area contributed by atoms with Crippen LogP contribution in [-0.4, -0.2) is 61.4 Å². The van der Waals surface area contributed by atoms with E-state index in [9.17, 15) is 9.59 Å². The van der Waals surface area contributed by atoms with Gasteiger partial charge in [-0.3, -0.25) is 9.59 Å². The van der Waals surface area contributed by atoms with E-state index in [0.29, 0.717) is 18.9 Å². The van der Waals surface area contributed by atoms with Gasteiger partial charge in [0.05, 0.1) is 28.2 Å². The molecule has 0 spiro atoms. The third-order valence-electron chi connectivity index (χ3n) is 2.19.